The average molecular weight is 154 g/mol. The molecular weight excluding hydrogens is 140 g/mol. The summed E-state index contributed by atoms with van der Waals surface area (Å²) in [6.45, 7) is 3.40. The Morgan fingerprint density at radius 2 is 2.00 bits per heavy atom. The Kier molecular flexibility index (Phi) is 2.42. The molecule has 0 spiro atoms. The lowest BCUT2D eigenvalue weighted by Gasteiger charge is -2.07. The highest BCUT2D eigenvalue weighted by Gasteiger charge is 2.35. The van der Waals surface area contributed by atoms with Gasteiger partial charge in [-0.05, 0) is 26.2 Å². The van der Waals surface area contributed by atoms with Crippen LogP contribution in [0.3, 0.4) is 0 Å². The van der Waals surface area contributed by atoms with E-state index >= 15 is 0 Å². The second-order valence-electron chi connectivity index (χ2n) is 3.25. The molecule has 1 atom stereocenters. The molecule has 1 unspecified atom stereocenters. The van der Waals surface area contributed by atoms with Crippen LogP contribution in [0.2, 0.25) is 0 Å². The lowest BCUT2D eigenvalue weighted by molar-refractivity contribution is -0.132. The van der Waals surface area contributed by atoms with Gasteiger partial charge in [-0.25, -0.2) is 0 Å². The fourth-order valence-corrected chi connectivity index (χ4v) is 1.34. The van der Waals surface area contributed by atoms with E-state index in [2.05, 4.69) is 0 Å². The number of carbonyl (C=O) groups is 2. The minimum atomic E-state index is -0.303. The Labute approximate surface area is 67.0 Å². The van der Waals surface area contributed by atoms with Gasteiger partial charge in [-0.3, -0.25) is 9.59 Å². The van der Waals surface area contributed by atoms with Crippen molar-refractivity contribution in [1.82, 2.24) is 0 Å². The highest BCUT2D eigenvalue weighted by Crippen LogP contribution is 2.33. The van der Waals surface area contributed by atoms with Gasteiger partial charge in [-0.1, -0.05) is 6.92 Å². The monoisotopic (exact) mass is 154 g/mol. The summed E-state index contributed by atoms with van der Waals surface area (Å²) in [4.78, 5) is 22.3. The molecule has 0 N–H and O–H groups in total. The van der Waals surface area contributed by atoms with Crippen molar-refractivity contribution in [3.63, 3.8) is 0 Å². The molecule has 0 aromatic heterocycles. The van der Waals surface area contributed by atoms with E-state index < -0.39 is 0 Å². The Morgan fingerprint density at radius 3 is 2.27 bits per heavy atom. The SMILES string of the molecule is CCC(C(C)=O)C(=O)C1CC1. The topological polar surface area (TPSA) is 34.1 Å². The summed E-state index contributed by atoms with van der Waals surface area (Å²) in [5.74, 6) is 0.135. The van der Waals surface area contributed by atoms with Gasteiger partial charge in [0.25, 0.3) is 0 Å². The van der Waals surface area contributed by atoms with Crippen LogP contribution in [0.25, 0.3) is 0 Å². The largest absolute Gasteiger partial charge is 0.299 e. The summed E-state index contributed by atoms with van der Waals surface area (Å²) in [6.07, 6.45) is 2.68. The summed E-state index contributed by atoms with van der Waals surface area (Å²) in [7, 11) is 0. The molecule has 0 radical (unpaired) electrons. The van der Waals surface area contributed by atoms with Crippen LogP contribution in [0, 0.1) is 11.8 Å². The first-order valence-corrected chi connectivity index (χ1v) is 4.21. The van der Waals surface area contributed by atoms with E-state index in [1.165, 1.54) is 6.92 Å². The molecule has 1 fully saturated rings. The van der Waals surface area contributed by atoms with E-state index in [4.69, 9.17) is 0 Å². The molecule has 1 rings (SSSR count). The number of rotatable bonds is 4. The van der Waals surface area contributed by atoms with Crippen LogP contribution in [-0.4, -0.2) is 11.6 Å². The van der Waals surface area contributed by atoms with Gasteiger partial charge in [-0.2, -0.15) is 0 Å². The summed E-state index contributed by atoms with van der Waals surface area (Å²) < 4.78 is 0. The summed E-state index contributed by atoms with van der Waals surface area (Å²) in [6, 6.07) is 0. The van der Waals surface area contributed by atoms with Gasteiger partial charge in [0.1, 0.15) is 11.6 Å². The van der Waals surface area contributed by atoms with Crippen LogP contribution < -0.4 is 0 Å². The first kappa shape index (κ1) is 8.44. The molecule has 1 aliphatic carbocycles. The van der Waals surface area contributed by atoms with Gasteiger partial charge >= 0.3 is 0 Å². The van der Waals surface area contributed by atoms with Gasteiger partial charge in [0, 0.05) is 5.92 Å². The van der Waals surface area contributed by atoms with Crippen LogP contribution >= 0.6 is 0 Å². The molecule has 0 heterocycles. The van der Waals surface area contributed by atoms with Crippen molar-refractivity contribution in [2.45, 2.75) is 33.1 Å². The van der Waals surface area contributed by atoms with E-state index in [-0.39, 0.29) is 23.4 Å². The van der Waals surface area contributed by atoms with E-state index in [1.54, 1.807) is 0 Å². The highest BCUT2D eigenvalue weighted by atomic mass is 16.1. The summed E-state index contributed by atoms with van der Waals surface area (Å²) >= 11 is 0. The minimum absolute atomic E-state index is 0.0319. The smallest absolute Gasteiger partial charge is 0.146 e. The van der Waals surface area contributed by atoms with Crippen LogP contribution in [0.15, 0.2) is 0 Å². The molecule has 2 nitrogen and oxygen atoms in total. The summed E-state index contributed by atoms with van der Waals surface area (Å²) in [5.41, 5.74) is 0. The van der Waals surface area contributed by atoms with Crippen molar-refractivity contribution >= 4 is 11.6 Å². The maximum atomic E-state index is 11.4. The second-order valence-corrected chi connectivity index (χ2v) is 3.25. The zero-order chi connectivity index (χ0) is 8.43. The molecule has 0 saturated heterocycles. The van der Waals surface area contributed by atoms with E-state index in [0.717, 1.165) is 12.8 Å². The predicted octanol–water partition coefficient (Wildman–Crippen LogP) is 1.58. The molecule has 62 valence electrons. The maximum Gasteiger partial charge on any atom is 0.146 e. The van der Waals surface area contributed by atoms with Crippen LogP contribution in [0.4, 0.5) is 0 Å². The van der Waals surface area contributed by atoms with Crippen LogP contribution in [0.1, 0.15) is 33.1 Å². The zero-order valence-electron chi connectivity index (χ0n) is 7.09. The molecular formula is C9H14O2. The van der Waals surface area contributed by atoms with Gasteiger partial charge in [-0.15, -0.1) is 0 Å². The normalized spacial score (nSPS) is 19.5. The lowest BCUT2D eigenvalue weighted by atomic mass is 9.94. The Morgan fingerprint density at radius 1 is 1.45 bits per heavy atom. The third kappa shape index (κ3) is 1.88. The van der Waals surface area contributed by atoms with Crippen molar-refractivity contribution < 1.29 is 9.59 Å². The zero-order valence-corrected chi connectivity index (χ0v) is 7.09. The Balaban J connectivity index is 2.52. The molecule has 1 saturated carbocycles. The van der Waals surface area contributed by atoms with E-state index in [1.807, 2.05) is 6.92 Å². The molecule has 2 heteroatoms. The third-order valence-electron chi connectivity index (χ3n) is 2.22. The molecule has 0 aromatic rings. The lowest BCUT2D eigenvalue weighted by Crippen LogP contribution is -2.22. The molecule has 0 aliphatic heterocycles. The molecule has 1 aliphatic rings. The third-order valence-corrected chi connectivity index (χ3v) is 2.22. The summed E-state index contributed by atoms with van der Waals surface area (Å²) in [5, 5.41) is 0. The number of ketones is 2. The predicted molar refractivity (Wildman–Crippen MR) is 42.2 cm³/mol. The van der Waals surface area contributed by atoms with Crippen molar-refractivity contribution in [3.05, 3.63) is 0 Å². The van der Waals surface area contributed by atoms with Crippen molar-refractivity contribution in [1.29, 1.82) is 0 Å². The first-order valence-electron chi connectivity index (χ1n) is 4.21. The molecule has 0 amide bonds. The van der Waals surface area contributed by atoms with Crippen molar-refractivity contribution in [3.8, 4) is 0 Å². The van der Waals surface area contributed by atoms with E-state index in [9.17, 15) is 9.59 Å². The van der Waals surface area contributed by atoms with E-state index in [0.29, 0.717) is 6.42 Å². The minimum Gasteiger partial charge on any atom is -0.299 e. The van der Waals surface area contributed by atoms with Gasteiger partial charge < -0.3 is 0 Å². The number of hydrogen-bond acceptors (Lipinski definition) is 2. The number of hydrogen-bond donors (Lipinski definition) is 0. The second kappa shape index (κ2) is 3.16. The first-order chi connectivity index (χ1) is 5.16. The average Bonchev–Trinajstić information content (AvgIpc) is 2.68. The fraction of sp³-hybridized carbons (Fsp3) is 0.778. The van der Waals surface area contributed by atoms with Crippen LogP contribution in [0.5, 0.6) is 0 Å². The van der Waals surface area contributed by atoms with Gasteiger partial charge in [0.15, 0.2) is 0 Å². The standard InChI is InChI=1S/C9H14O2/c1-3-8(6(2)10)9(11)7-4-5-7/h7-8H,3-5H2,1-2H3. The van der Waals surface area contributed by atoms with Crippen LogP contribution in [-0.2, 0) is 9.59 Å². The van der Waals surface area contributed by atoms with Gasteiger partial charge in [0.05, 0.1) is 5.92 Å². The van der Waals surface area contributed by atoms with Gasteiger partial charge in [0.2, 0.25) is 0 Å². The van der Waals surface area contributed by atoms with Crippen molar-refractivity contribution in [2.24, 2.45) is 11.8 Å². The maximum absolute atomic E-state index is 11.4. The Bertz CT molecular complexity index is 180. The van der Waals surface area contributed by atoms with Crippen molar-refractivity contribution in [2.75, 3.05) is 0 Å². The number of carbonyl (C=O) groups excluding carboxylic acids is 2. The molecule has 11 heavy (non-hydrogen) atoms. The molecule has 0 bridgehead atoms. The highest BCUT2D eigenvalue weighted by molar-refractivity contribution is 6.03. The molecule has 0 aromatic carbocycles. The fourth-order valence-electron chi connectivity index (χ4n) is 1.34. The quantitative estimate of drug-likeness (QED) is 0.576. The Hall–Kier alpha value is -0.660. The number of Topliss-reactive ketones (excluding diaryl/α,β-unsaturated/α-hetero) is 2.